The minimum absolute atomic E-state index is 0.339. The van der Waals surface area contributed by atoms with Crippen molar-refractivity contribution in [2.45, 2.75) is 46.2 Å². The summed E-state index contributed by atoms with van der Waals surface area (Å²) in [6.45, 7) is 7.16. The van der Waals surface area contributed by atoms with Gasteiger partial charge in [-0.2, -0.15) is 0 Å². The number of hydrogen-bond acceptors (Lipinski definition) is 4. The maximum atomic E-state index is 4.56. The Morgan fingerprint density at radius 2 is 2.23 bits per heavy atom. The van der Waals surface area contributed by atoms with Crippen molar-refractivity contribution in [3.05, 3.63) is 38.0 Å². The highest BCUT2D eigenvalue weighted by Crippen LogP contribution is 2.16. The number of nitrogens with zero attached hydrogens (tertiary/aromatic N) is 2. The fourth-order valence-electron chi connectivity index (χ4n) is 2.14. The van der Waals surface area contributed by atoms with Gasteiger partial charge in [0.1, 0.15) is 0 Å². The number of aromatic nitrogens is 1. The van der Waals surface area contributed by atoms with Gasteiger partial charge in [-0.25, -0.2) is 4.98 Å². The summed E-state index contributed by atoms with van der Waals surface area (Å²) in [6, 6.07) is 4.72. The van der Waals surface area contributed by atoms with E-state index in [9.17, 15) is 0 Å². The number of nitrogens with one attached hydrogen (secondary N) is 2. The summed E-state index contributed by atoms with van der Waals surface area (Å²) < 4.78 is 0. The van der Waals surface area contributed by atoms with Crippen molar-refractivity contribution >= 4 is 28.6 Å². The second-order valence-electron chi connectivity index (χ2n) is 5.27. The van der Waals surface area contributed by atoms with Crippen LogP contribution in [0, 0.1) is 6.92 Å². The molecule has 0 aliphatic rings. The van der Waals surface area contributed by atoms with Crippen LogP contribution in [0.3, 0.4) is 0 Å². The van der Waals surface area contributed by atoms with Gasteiger partial charge in [0.15, 0.2) is 5.96 Å². The van der Waals surface area contributed by atoms with Gasteiger partial charge in [-0.15, -0.1) is 22.7 Å². The Balaban J connectivity index is 1.81. The van der Waals surface area contributed by atoms with Crippen molar-refractivity contribution in [3.63, 3.8) is 0 Å². The van der Waals surface area contributed by atoms with E-state index < -0.39 is 0 Å². The topological polar surface area (TPSA) is 49.3 Å². The second-order valence-corrected chi connectivity index (χ2v) is 7.59. The first kappa shape index (κ1) is 17.0. The number of hydrogen-bond donors (Lipinski definition) is 2. The van der Waals surface area contributed by atoms with E-state index in [0.717, 1.165) is 24.5 Å². The third-order valence-corrected chi connectivity index (χ3v) is 5.31. The van der Waals surface area contributed by atoms with Crippen LogP contribution in [0.1, 0.15) is 34.3 Å². The molecular formula is C16H24N4S2. The second kappa shape index (κ2) is 8.29. The first-order valence-corrected chi connectivity index (χ1v) is 9.26. The lowest BCUT2D eigenvalue weighted by Crippen LogP contribution is -2.42. The van der Waals surface area contributed by atoms with E-state index >= 15 is 0 Å². The molecule has 22 heavy (non-hydrogen) atoms. The molecule has 2 N–H and O–H groups in total. The van der Waals surface area contributed by atoms with Crippen LogP contribution in [0.25, 0.3) is 0 Å². The predicted octanol–water partition coefficient (Wildman–Crippen LogP) is 3.37. The number of thiophene rings is 1. The molecule has 120 valence electrons. The van der Waals surface area contributed by atoms with E-state index in [4.69, 9.17) is 0 Å². The van der Waals surface area contributed by atoms with Crippen molar-refractivity contribution < 1.29 is 0 Å². The zero-order valence-corrected chi connectivity index (χ0v) is 15.3. The van der Waals surface area contributed by atoms with Crippen LogP contribution in [0.2, 0.25) is 0 Å². The van der Waals surface area contributed by atoms with Crippen molar-refractivity contribution in [1.82, 2.24) is 15.6 Å². The Labute approximate surface area is 140 Å². The van der Waals surface area contributed by atoms with Gasteiger partial charge in [0.25, 0.3) is 0 Å². The maximum absolute atomic E-state index is 4.56. The third kappa shape index (κ3) is 5.10. The Kier molecular flexibility index (Phi) is 6.39. The first-order chi connectivity index (χ1) is 10.6. The lowest BCUT2D eigenvalue weighted by molar-refractivity contribution is 0.643. The van der Waals surface area contributed by atoms with Crippen LogP contribution >= 0.6 is 22.7 Å². The number of rotatable bonds is 6. The molecule has 2 heterocycles. The summed E-state index contributed by atoms with van der Waals surface area (Å²) >= 11 is 3.57. The van der Waals surface area contributed by atoms with E-state index in [1.54, 1.807) is 18.4 Å². The predicted molar refractivity (Wildman–Crippen MR) is 97.0 cm³/mol. The summed E-state index contributed by atoms with van der Waals surface area (Å²) in [7, 11) is 1.80. The average Bonchev–Trinajstić information content (AvgIpc) is 3.12. The molecule has 2 aromatic heterocycles. The van der Waals surface area contributed by atoms with Gasteiger partial charge in [-0.3, -0.25) is 4.99 Å². The van der Waals surface area contributed by atoms with Gasteiger partial charge in [0, 0.05) is 34.6 Å². The molecule has 1 atom stereocenters. The third-order valence-electron chi connectivity index (χ3n) is 3.25. The van der Waals surface area contributed by atoms with Crippen LogP contribution in [0.4, 0.5) is 0 Å². The molecule has 0 radical (unpaired) electrons. The van der Waals surface area contributed by atoms with Gasteiger partial charge in [-0.1, -0.05) is 6.92 Å². The van der Waals surface area contributed by atoms with Gasteiger partial charge < -0.3 is 10.6 Å². The van der Waals surface area contributed by atoms with Crippen LogP contribution in [0.15, 0.2) is 22.5 Å². The Hall–Kier alpha value is -1.40. The summed E-state index contributed by atoms with van der Waals surface area (Å²) in [5.41, 5.74) is 1.08. The average molecular weight is 337 g/mol. The number of thiazole rings is 1. The molecule has 0 aliphatic carbocycles. The quantitative estimate of drug-likeness (QED) is 0.628. The maximum Gasteiger partial charge on any atom is 0.191 e. The molecule has 4 nitrogen and oxygen atoms in total. The summed E-state index contributed by atoms with van der Waals surface area (Å²) in [6.07, 6.45) is 2.00. The minimum Gasteiger partial charge on any atom is -0.354 e. The lowest BCUT2D eigenvalue weighted by atomic mass is 10.2. The highest BCUT2D eigenvalue weighted by Gasteiger charge is 2.08. The van der Waals surface area contributed by atoms with Crippen LogP contribution < -0.4 is 10.6 Å². The van der Waals surface area contributed by atoms with E-state index in [1.165, 1.54) is 14.8 Å². The fraction of sp³-hybridized carbons (Fsp3) is 0.500. The number of aliphatic imine (C=N–C) groups is 1. The molecular weight excluding hydrogens is 312 g/mol. The molecule has 0 saturated carbocycles. The minimum atomic E-state index is 0.339. The molecule has 0 amide bonds. The Morgan fingerprint density at radius 1 is 1.41 bits per heavy atom. The lowest BCUT2D eigenvalue weighted by Gasteiger charge is -2.17. The summed E-state index contributed by atoms with van der Waals surface area (Å²) in [5, 5.41) is 10.1. The smallest absolute Gasteiger partial charge is 0.191 e. The van der Waals surface area contributed by atoms with Gasteiger partial charge in [-0.05, 0) is 32.4 Å². The van der Waals surface area contributed by atoms with Crippen LogP contribution in [-0.2, 0) is 19.4 Å². The number of aryl methyl sites for hydroxylation is 2. The van der Waals surface area contributed by atoms with Crippen molar-refractivity contribution in [1.29, 1.82) is 0 Å². The molecule has 0 spiro atoms. The standard InChI is InChI=1S/C16H24N4S2/c1-5-15-20-13(10-21-15)9-18-16(17-4)19-11(2)8-14-7-6-12(3)22-14/h6-7,10-11H,5,8-9H2,1-4H3,(H2,17,18,19). The normalized spacial score (nSPS) is 13.2. The van der Waals surface area contributed by atoms with Gasteiger partial charge >= 0.3 is 0 Å². The first-order valence-electron chi connectivity index (χ1n) is 7.56. The molecule has 2 aromatic rings. The molecule has 0 aliphatic heterocycles. The number of guanidine groups is 1. The van der Waals surface area contributed by atoms with Gasteiger partial charge in [0.2, 0.25) is 0 Å². The highest BCUT2D eigenvalue weighted by molar-refractivity contribution is 7.11. The van der Waals surface area contributed by atoms with Crippen molar-refractivity contribution in [2.24, 2.45) is 4.99 Å². The monoisotopic (exact) mass is 336 g/mol. The SMILES string of the molecule is CCc1nc(CNC(=NC)NC(C)Cc2ccc(C)s2)cs1. The molecule has 0 bridgehead atoms. The van der Waals surface area contributed by atoms with E-state index in [0.29, 0.717) is 12.6 Å². The van der Waals surface area contributed by atoms with E-state index in [1.807, 2.05) is 11.3 Å². The van der Waals surface area contributed by atoms with Crippen molar-refractivity contribution in [2.75, 3.05) is 7.05 Å². The Morgan fingerprint density at radius 3 is 2.82 bits per heavy atom. The molecule has 0 saturated heterocycles. The molecule has 0 aromatic carbocycles. The zero-order valence-electron chi connectivity index (χ0n) is 13.6. The molecule has 6 heteroatoms. The van der Waals surface area contributed by atoms with Crippen LogP contribution in [-0.4, -0.2) is 24.0 Å². The van der Waals surface area contributed by atoms with Crippen molar-refractivity contribution in [3.8, 4) is 0 Å². The Bertz CT molecular complexity index is 615. The zero-order chi connectivity index (χ0) is 15.9. The van der Waals surface area contributed by atoms with Crippen LogP contribution in [0.5, 0.6) is 0 Å². The molecule has 1 unspecified atom stereocenters. The largest absolute Gasteiger partial charge is 0.354 e. The molecule has 0 fully saturated rings. The summed E-state index contributed by atoms with van der Waals surface area (Å²) in [4.78, 5) is 11.6. The fourth-order valence-corrected chi connectivity index (χ4v) is 3.91. The van der Waals surface area contributed by atoms with Gasteiger partial charge in [0.05, 0.1) is 17.2 Å². The highest BCUT2D eigenvalue weighted by atomic mass is 32.1. The summed E-state index contributed by atoms with van der Waals surface area (Å²) in [5.74, 6) is 0.826. The van der Waals surface area contributed by atoms with E-state index in [2.05, 4.69) is 58.9 Å². The van der Waals surface area contributed by atoms with E-state index in [-0.39, 0.29) is 0 Å². The molecule has 2 rings (SSSR count).